The van der Waals surface area contributed by atoms with E-state index in [0.717, 1.165) is 30.0 Å². The summed E-state index contributed by atoms with van der Waals surface area (Å²) < 4.78 is 26.5. The second-order valence-electron chi connectivity index (χ2n) is 4.95. The van der Waals surface area contributed by atoms with Crippen LogP contribution in [0.2, 0.25) is 0 Å². The molecule has 0 amide bonds. The number of nitrogens with one attached hydrogen (secondary N) is 2. The van der Waals surface area contributed by atoms with Crippen LogP contribution in [-0.4, -0.2) is 32.5 Å². The van der Waals surface area contributed by atoms with Crippen LogP contribution in [0.1, 0.15) is 33.6 Å². The van der Waals surface area contributed by atoms with Crippen molar-refractivity contribution in [2.45, 2.75) is 44.6 Å². The van der Waals surface area contributed by atoms with Crippen LogP contribution in [0.5, 0.6) is 0 Å². The van der Waals surface area contributed by atoms with Crippen LogP contribution < -0.4 is 10.0 Å². The third kappa shape index (κ3) is 6.72. The molecular weight excluding hydrogens is 304 g/mol. The lowest BCUT2D eigenvalue weighted by atomic mass is 10.2. The summed E-state index contributed by atoms with van der Waals surface area (Å²) in [4.78, 5) is 0.315. The summed E-state index contributed by atoms with van der Waals surface area (Å²) in [6, 6.07) is 7.32. The lowest BCUT2D eigenvalue weighted by Gasteiger charge is -2.15. The lowest BCUT2D eigenvalue weighted by molar-refractivity contribution is 0.581. The van der Waals surface area contributed by atoms with Gasteiger partial charge in [0.2, 0.25) is 10.0 Å². The first-order valence-electron chi connectivity index (χ1n) is 7.43. The van der Waals surface area contributed by atoms with Crippen LogP contribution in [0.15, 0.2) is 29.2 Å². The smallest absolute Gasteiger partial charge is 0.240 e. The van der Waals surface area contributed by atoms with Gasteiger partial charge in [-0.3, -0.25) is 0 Å². The molecule has 0 saturated heterocycles. The average Bonchev–Trinajstić information content (AvgIpc) is 2.46. The van der Waals surface area contributed by atoms with Crippen molar-refractivity contribution in [2.75, 3.05) is 23.4 Å². The molecule has 0 saturated carbocycles. The Morgan fingerprint density at radius 2 is 1.86 bits per heavy atom. The molecule has 1 rings (SSSR count). The van der Waals surface area contributed by atoms with Crippen molar-refractivity contribution >= 4 is 27.5 Å². The summed E-state index contributed by atoms with van der Waals surface area (Å²) >= 11 is 1.93. The van der Waals surface area contributed by atoms with E-state index in [1.54, 1.807) is 12.1 Å². The van der Waals surface area contributed by atoms with Gasteiger partial charge in [-0.25, -0.2) is 13.1 Å². The van der Waals surface area contributed by atoms with Crippen LogP contribution in [0.3, 0.4) is 0 Å². The SMILES string of the molecule is CCCNS(=O)(=O)c1ccc(NC(C)CCSCC)cc1. The summed E-state index contributed by atoms with van der Waals surface area (Å²) in [5.41, 5.74) is 0.957. The minimum absolute atomic E-state index is 0.315. The second-order valence-corrected chi connectivity index (χ2v) is 8.11. The van der Waals surface area contributed by atoms with Crippen LogP contribution in [0.25, 0.3) is 0 Å². The largest absolute Gasteiger partial charge is 0.383 e. The molecule has 0 radical (unpaired) electrons. The number of thioether (sulfide) groups is 1. The molecule has 0 aromatic heterocycles. The number of benzene rings is 1. The molecule has 6 heteroatoms. The zero-order valence-corrected chi connectivity index (χ0v) is 14.7. The Kier molecular flexibility index (Phi) is 8.14. The van der Waals surface area contributed by atoms with Gasteiger partial charge in [-0.05, 0) is 55.5 Å². The molecule has 0 aliphatic carbocycles. The second kappa shape index (κ2) is 9.33. The zero-order valence-electron chi connectivity index (χ0n) is 13.1. The highest BCUT2D eigenvalue weighted by Crippen LogP contribution is 2.16. The number of hydrogen-bond donors (Lipinski definition) is 2. The lowest BCUT2D eigenvalue weighted by Crippen LogP contribution is -2.24. The van der Waals surface area contributed by atoms with Gasteiger partial charge in [-0.15, -0.1) is 0 Å². The third-order valence-electron chi connectivity index (χ3n) is 3.02. The number of hydrogen-bond acceptors (Lipinski definition) is 4. The minimum atomic E-state index is -3.37. The summed E-state index contributed by atoms with van der Waals surface area (Å²) in [6.07, 6.45) is 1.88. The van der Waals surface area contributed by atoms with Gasteiger partial charge < -0.3 is 5.32 Å². The van der Waals surface area contributed by atoms with Gasteiger partial charge in [0.25, 0.3) is 0 Å². The molecule has 0 fully saturated rings. The Morgan fingerprint density at radius 3 is 2.43 bits per heavy atom. The maximum atomic E-state index is 12.0. The van der Waals surface area contributed by atoms with E-state index in [1.165, 1.54) is 0 Å². The Morgan fingerprint density at radius 1 is 1.19 bits per heavy atom. The molecule has 1 aromatic carbocycles. The predicted molar refractivity (Wildman–Crippen MR) is 92.6 cm³/mol. The molecule has 21 heavy (non-hydrogen) atoms. The normalized spacial score (nSPS) is 13.1. The number of anilines is 1. The van der Waals surface area contributed by atoms with E-state index in [0.29, 0.717) is 17.5 Å². The zero-order chi connectivity index (χ0) is 15.7. The molecule has 1 aromatic rings. The van der Waals surface area contributed by atoms with E-state index in [-0.39, 0.29) is 0 Å². The summed E-state index contributed by atoms with van der Waals surface area (Å²) in [5.74, 6) is 2.28. The van der Waals surface area contributed by atoms with Gasteiger partial charge in [-0.2, -0.15) is 11.8 Å². The Labute approximate surface area is 133 Å². The first-order valence-corrected chi connectivity index (χ1v) is 10.1. The summed E-state index contributed by atoms with van der Waals surface area (Å²) in [6.45, 7) is 6.71. The van der Waals surface area contributed by atoms with E-state index in [2.05, 4.69) is 23.9 Å². The third-order valence-corrected chi connectivity index (χ3v) is 5.43. The molecule has 4 nitrogen and oxygen atoms in total. The fourth-order valence-corrected chi connectivity index (χ4v) is 3.75. The molecule has 120 valence electrons. The van der Waals surface area contributed by atoms with E-state index < -0.39 is 10.0 Å². The van der Waals surface area contributed by atoms with E-state index in [9.17, 15) is 8.42 Å². The number of rotatable bonds is 10. The molecule has 0 bridgehead atoms. The fraction of sp³-hybridized carbons (Fsp3) is 0.600. The topological polar surface area (TPSA) is 58.2 Å². The Hall–Kier alpha value is -0.720. The first-order chi connectivity index (χ1) is 9.99. The Bertz CT molecular complexity index is 501. The number of sulfonamides is 1. The molecule has 1 unspecified atom stereocenters. The standard InChI is InChI=1S/C15H26N2O2S2/c1-4-11-16-21(18,19)15-8-6-14(7-9-15)17-13(3)10-12-20-5-2/h6-9,13,16-17H,4-5,10-12H2,1-3H3. The van der Waals surface area contributed by atoms with Crippen molar-refractivity contribution in [1.82, 2.24) is 4.72 Å². The van der Waals surface area contributed by atoms with Gasteiger partial charge in [0, 0.05) is 18.3 Å². The Balaban J connectivity index is 2.57. The highest BCUT2D eigenvalue weighted by molar-refractivity contribution is 7.99. The van der Waals surface area contributed by atoms with Gasteiger partial charge in [0.15, 0.2) is 0 Å². The van der Waals surface area contributed by atoms with E-state index in [1.807, 2.05) is 30.8 Å². The maximum Gasteiger partial charge on any atom is 0.240 e. The minimum Gasteiger partial charge on any atom is -0.383 e. The van der Waals surface area contributed by atoms with Crippen molar-refractivity contribution < 1.29 is 8.42 Å². The van der Waals surface area contributed by atoms with E-state index in [4.69, 9.17) is 0 Å². The van der Waals surface area contributed by atoms with Gasteiger partial charge in [0.05, 0.1) is 4.90 Å². The van der Waals surface area contributed by atoms with Crippen LogP contribution in [0.4, 0.5) is 5.69 Å². The molecular formula is C15H26N2O2S2. The van der Waals surface area contributed by atoms with Crippen LogP contribution in [-0.2, 0) is 10.0 Å². The van der Waals surface area contributed by atoms with Crippen molar-refractivity contribution in [1.29, 1.82) is 0 Å². The molecule has 0 aliphatic rings. The maximum absolute atomic E-state index is 12.0. The van der Waals surface area contributed by atoms with Crippen LogP contribution >= 0.6 is 11.8 Å². The predicted octanol–water partition coefficient (Wildman–Crippen LogP) is 3.32. The molecule has 0 aliphatic heterocycles. The summed E-state index contributed by atoms with van der Waals surface area (Å²) in [5, 5.41) is 3.39. The van der Waals surface area contributed by atoms with Gasteiger partial charge >= 0.3 is 0 Å². The monoisotopic (exact) mass is 330 g/mol. The molecule has 0 spiro atoms. The fourth-order valence-electron chi connectivity index (χ4n) is 1.81. The highest BCUT2D eigenvalue weighted by Gasteiger charge is 2.12. The average molecular weight is 331 g/mol. The first kappa shape index (κ1) is 18.3. The molecule has 0 heterocycles. The quantitative estimate of drug-likeness (QED) is 0.646. The molecule has 1 atom stereocenters. The molecule has 2 N–H and O–H groups in total. The highest BCUT2D eigenvalue weighted by atomic mass is 32.2. The van der Waals surface area contributed by atoms with Crippen molar-refractivity contribution in [3.8, 4) is 0 Å². The van der Waals surface area contributed by atoms with E-state index >= 15 is 0 Å². The van der Waals surface area contributed by atoms with Crippen molar-refractivity contribution in [2.24, 2.45) is 0 Å². The van der Waals surface area contributed by atoms with Gasteiger partial charge in [-0.1, -0.05) is 13.8 Å². The van der Waals surface area contributed by atoms with Crippen molar-refractivity contribution in [3.05, 3.63) is 24.3 Å². The van der Waals surface area contributed by atoms with Crippen LogP contribution in [0, 0.1) is 0 Å². The van der Waals surface area contributed by atoms with Gasteiger partial charge in [0.1, 0.15) is 0 Å². The van der Waals surface area contributed by atoms with Crippen molar-refractivity contribution in [3.63, 3.8) is 0 Å². The summed E-state index contributed by atoms with van der Waals surface area (Å²) in [7, 11) is -3.37.